The van der Waals surface area contributed by atoms with Crippen LogP contribution in [-0.4, -0.2) is 69.5 Å². The lowest BCUT2D eigenvalue weighted by Crippen LogP contribution is -2.50. The van der Waals surface area contributed by atoms with Gasteiger partial charge in [0.25, 0.3) is 5.91 Å². The van der Waals surface area contributed by atoms with Crippen molar-refractivity contribution >= 4 is 11.8 Å². The van der Waals surface area contributed by atoms with Crippen LogP contribution in [0.3, 0.4) is 0 Å². The van der Waals surface area contributed by atoms with Gasteiger partial charge in [0.1, 0.15) is 5.69 Å². The number of hydrogen-bond donors (Lipinski definition) is 2. The molecule has 0 unspecified atom stereocenters. The minimum atomic E-state index is -0.932. The van der Waals surface area contributed by atoms with Gasteiger partial charge in [-0.05, 0) is 44.0 Å². The number of amides is 2. The highest BCUT2D eigenvalue weighted by Gasteiger charge is 2.36. The normalized spacial score (nSPS) is 18.6. The van der Waals surface area contributed by atoms with Gasteiger partial charge in [0.15, 0.2) is 0 Å². The molecule has 7 nitrogen and oxygen atoms in total. The second kappa shape index (κ2) is 10.6. The fraction of sp³-hybridized carbons (Fsp3) is 0.560. The summed E-state index contributed by atoms with van der Waals surface area (Å²) in [6, 6.07) is 3.51. The lowest BCUT2D eigenvalue weighted by Gasteiger charge is -2.39. The van der Waals surface area contributed by atoms with E-state index >= 15 is 0 Å². The maximum absolute atomic E-state index is 12.7. The third kappa shape index (κ3) is 6.57. The second-order valence-corrected chi connectivity index (χ2v) is 9.10. The van der Waals surface area contributed by atoms with E-state index in [9.17, 15) is 14.7 Å². The second-order valence-electron chi connectivity index (χ2n) is 9.10. The van der Waals surface area contributed by atoms with Crippen molar-refractivity contribution in [2.75, 3.05) is 26.2 Å². The number of nitrogens with zero attached hydrogens (tertiary/aromatic N) is 3. The summed E-state index contributed by atoms with van der Waals surface area (Å²) in [7, 11) is 0. The first-order valence-electron chi connectivity index (χ1n) is 11.4. The standard InChI is InChI=1S/C25H34N4O3/c1-4-28-15-11-25(32,12-16-28)17-23(30)29-13-9-21(10-14-29)27-24(31)22-8-7-20(18-26-22)6-5-19(2)3/h4,7-8,18-19,21,32H,1,9-17H2,2-3H3,(H,27,31). The topological polar surface area (TPSA) is 85.8 Å². The molecule has 0 aromatic carbocycles. The molecule has 0 spiro atoms. The molecule has 0 saturated carbocycles. The van der Waals surface area contributed by atoms with Crippen molar-refractivity contribution < 1.29 is 14.7 Å². The minimum absolute atomic E-state index is 0.00711. The Kier molecular flexibility index (Phi) is 7.92. The summed E-state index contributed by atoms with van der Waals surface area (Å²) in [5.74, 6) is 6.18. The molecule has 0 radical (unpaired) electrons. The van der Waals surface area contributed by atoms with Crippen molar-refractivity contribution in [1.82, 2.24) is 20.1 Å². The quantitative estimate of drug-likeness (QED) is 0.689. The maximum atomic E-state index is 12.7. The van der Waals surface area contributed by atoms with Gasteiger partial charge in [-0.25, -0.2) is 4.98 Å². The fourth-order valence-corrected chi connectivity index (χ4v) is 4.06. The number of nitrogens with one attached hydrogen (secondary N) is 1. The number of hydrogen-bond acceptors (Lipinski definition) is 5. The predicted octanol–water partition coefficient (Wildman–Crippen LogP) is 2.17. The van der Waals surface area contributed by atoms with E-state index in [2.05, 4.69) is 33.6 Å². The Hall–Kier alpha value is -2.85. The molecule has 1 aromatic heterocycles. The molecule has 2 fully saturated rings. The smallest absolute Gasteiger partial charge is 0.270 e. The summed E-state index contributed by atoms with van der Waals surface area (Å²) in [4.78, 5) is 33.4. The third-order valence-corrected chi connectivity index (χ3v) is 6.15. The zero-order chi connectivity index (χ0) is 23.1. The number of aromatic nitrogens is 1. The van der Waals surface area contributed by atoms with Crippen LogP contribution in [0.4, 0.5) is 0 Å². The van der Waals surface area contributed by atoms with Gasteiger partial charge in [-0.2, -0.15) is 0 Å². The summed E-state index contributed by atoms with van der Waals surface area (Å²) in [5.41, 5.74) is 0.226. The van der Waals surface area contributed by atoms with E-state index in [4.69, 9.17) is 0 Å². The first-order valence-corrected chi connectivity index (χ1v) is 11.4. The largest absolute Gasteiger partial charge is 0.389 e. The maximum Gasteiger partial charge on any atom is 0.270 e. The molecule has 2 saturated heterocycles. The first-order chi connectivity index (χ1) is 15.3. The Morgan fingerprint density at radius 2 is 1.97 bits per heavy atom. The van der Waals surface area contributed by atoms with Crippen LogP contribution < -0.4 is 5.32 Å². The van der Waals surface area contributed by atoms with Crippen molar-refractivity contribution in [3.63, 3.8) is 0 Å². The molecule has 172 valence electrons. The molecule has 3 rings (SSSR count). The van der Waals surface area contributed by atoms with E-state index < -0.39 is 5.60 Å². The van der Waals surface area contributed by atoms with E-state index in [0.717, 1.165) is 18.7 Å². The molecule has 1 aromatic rings. The number of rotatable bonds is 5. The minimum Gasteiger partial charge on any atom is -0.389 e. The molecule has 0 atom stereocenters. The molecule has 32 heavy (non-hydrogen) atoms. The van der Waals surface area contributed by atoms with E-state index in [1.54, 1.807) is 23.4 Å². The van der Waals surface area contributed by atoms with Crippen LogP contribution in [0.25, 0.3) is 0 Å². The Morgan fingerprint density at radius 3 is 2.53 bits per heavy atom. The highest BCUT2D eigenvalue weighted by molar-refractivity contribution is 5.92. The van der Waals surface area contributed by atoms with Crippen LogP contribution >= 0.6 is 0 Å². The molecule has 7 heteroatoms. The van der Waals surface area contributed by atoms with Crippen LogP contribution in [-0.2, 0) is 4.79 Å². The highest BCUT2D eigenvalue weighted by Crippen LogP contribution is 2.27. The average molecular weight is 439 g/mol. The van der Waals surface area contributed by atoms with Crippen molar-refractivity contribution in [3.8, 4) is 11.8 Å². The third-order valence-electron chi connectivity index (χ3n) is 6.15. The summed E-state index contributed by atoms with van der Waals surface area (Å²) in [6.45, 7) is 10.4. The van der Waals surface area contributed by atoms with Gasteiger partial charge >= 0.3 is 0 Å². The van der Waals surface area contributed by atoms with Crippen LogP contribution in [0.5, 0.6) is 0 Å². The lowest BCUT2D eigenvalue weighted by molar-refractivity contribution is -0.139. The number of likely N-dealkylation sites (tertiary alicyclic amines) is 2. The van der Waals surface area contributed by atoms with Crippen LogP contribution in [0, 0.1) is 17.8 Å². The summed E-state index contributed by atoms with van der Waals surface area (Å²) in [5, 5.41) is 13.8. The summed E-state index contributed by atoms with van der Waals surface area (Å²) in [6.07, 6.45) is 6.10. The number of aliphatic hydroxyl groups is 1. The van der Waals surface area contributed by atoms with Crippen molar-refractivity contribution in [2.45, 2.75) is 57.6 Å². The van der Waals surface area contributed by atoms with Gasteiger partial charge in [0.2, 0.25) is 5.91 Å². The van der Waals surface area contributed by atoms with Crippen LogP contribution in [0.2, 0.25) is 0 Å². The molecule has 2 aliphatic heterocycles. The predicted molar refractivity (Wildman–Crippen MR) is 124 cm³/mol. The van der Waals surface area contributed by atoms with E-state index in [-0.39, 0.29) is 30.2 Å². The first kappa shape index (κ1) is 23.8. The molecular formula is C25H34N4O3. The van der Waals surface area contributed by atoms with Crippen molar-refractivity contribution in [2.24, 2.45) is 5.92 Å². The molecule has 3 heterocycles. The van der Waals surface area contributed by atoms with Gasteiger partial charge in [-0.15, -0.1) is 0 Å². The Balaban J connectivity index is 1.44. The summed E-state index contributed by atoms with van der Waals surface area (Å²) < 4.78 is 0. The number of piperidine rings is 2. The average Bonchev–Trinajstić information content (AvgIpc) is 2.78. The van der Waals surface area contributed by atoms with Gasteiger partial charge in [0, 0.05) is 49.9 Å². The van der Waals surface area contributed by atoms with E-state index in [0.29, 0.717) is 44.5 Å². The molecule has 2 aliphatic rings. The Bertz CT molecular complexity index is 869. The monoisotopic (exact) mass is 438 g/mol. The fourth-order valence-electron chi connectivity index (χ4n) is 4.06. The van der Waals surface area contributed by atoms with Crippen molar-refractivity contribution in [3.05, 3.63) is 42.4 Å². The Morgan fingerprint density at radius 1 is 1.28 bits per heavy atom. The van der Waals surface area contributed by atoms with Gasteiger partial charge < -0.3 is 20.2 Å². The van der Waals surface area contributed by atoms with Crippen molar-refractivity contribution in [1.29, 1.82) is 0 Å². The number of carbonyl (C=O) groups excluding carboxylic acids is 2. The molecule has 2 amide bonds. The SMILES string of the molecule is C=CN1CCC(O)(CC(=O)N2CCC(NC(=O)c3ccc(C#CC(C)C)cn3)CC2)CC1. The van der Waals surface area contributed by atoms with E-state index in [1.165, 1.54) is 0 Å². The molecule has 0 aliphatic carbocycles. The highest BCUT2D eigenvalue weighted by atomic mass is 16.3. The van der Waals surface area contributed by atoms with Crippen LogP contribution in [0.1, 0.15) is 62.0 Å². The lowest BCUT2D eigenvalue weighted by atomic mass is 9.87. The molecule has 2 N–H and O–H groups in total. The van der Waals surface area contributed by atoms with Gasteiger partial charge in [-0.1, -0.05) is 32.3 Å². The number of carbonyl (C=O) groups is 2. The van der Waals surface area contributed by atoms with Gasteiger partial charge in [-0.3, -0.25) is 9.59 Å². The van der Waals surface area contributed by atoms with Gasteiger partial charge in [0.05, 0.1) is 12.0 Å². The number of pyridine rings is 1. The summed E-state index contributed by atoms with van der Waals surface area (Å²) >= 11 is 0. The van der Waals surface area contributed by atoms with Crippen LogP contribution in [0.15, 0.2) is 31.1 Å². The zero-order valence-corrected chi connectivity index (χ0v) is 19.1. The zero-order valence-electron chi connectivity index (χ0n) is 19.1. The molecule has 0 bridgehead atoms. The Labute approximate surface area is 190 Å². The van der Waals surface area contributed by atoms with E-state index in [1.807, 2.05) is 19.9 Å². The molecular weight excluding hydrogens is 404 g/mol.